The van der Waals surface area contributed by atoms with Gasteiger partial charge in [0.25, 0.3) is 0 Å². The summed E-state index contributed by atoms with van der Waals surface area (Å²) < 4.78 is 10.7. The summed E-state index contributed by atoms with van der Waals surface area (Å²) in [6.45, 7) is 8.66. The minimum Gasteiger partial charge on any atom is -0.456 e. The zero-order valence-corrected chi connectivity index (χ0v) is 14.0. The Balaban J connectivity index is 1.73. The molecule has 0 spiro atoms. The molecule has 4 aliphatic rings. The number of rotatable bonds is 4. The van der Waals surface area contributed by atoms with E-state index in [0.29, 0.717) is 18.1 Å². The fourth-order valence-electron chi connectivity index (χ4n) is 4.85. The van der Waals surface area contributed by atoms with E-state index < -0.39 is 24.1 Å². The summed E-state index contributed by atoms with van der Waals surface area (Å²) in [6.07, 6.45) is 3.24. The van der Waals surface area contributed by atoms with Crippen LogP contribution in [0.5, 0.6) is 0 Å². The van der Waals surface area contributed by atoms with Gasteiger partial charge in [-0.25, -0.2) is 9.59 Å². The maximum atomic E-state index is 12.5. The zero-order chi connectivity index (χ0) is 17.0. The average Bonchev–Trinajstić information content (AvgIpc) is 2.46. The maximum absolute atomic E-state index is 12.5. The average molecular weight is 320 g/mol. The predicted molar refractivity (Wildman–Crippen MR) is 82.3 cm³/mol. The fraction of sp³-hybridized carbons (Fsp3) is 0.722. The van der Waals surface area contributed by atoms with Crippen molar-refractivity contribution in [2.75, 3.05) is 6.61 Å². The van der Waals surface area contributed by atoms with Crippen molar-refractivity contribution in [3.63, 3.8) is 0 Å². The summed E-state index contributed by atoms with van der Waals surface area (Å²) in [6, 6.07) is 0. The number of esters is 2. The summed E-state index contributed by atoms with van der Waals surface area (Å²) in [5, 5.41) is 0. The highest BCUT2D eigenvalue weighted by Crippen LogP contribution is 2.63. The van der Waals surface area contributed by atoms with Crippen molar-refractivity contribution < 1.29 is 23.9 Å². The molecule has 0 radical (unpaired) electrons. The van der Waals surface area contributed by atoms with E-state index in [1.807, 2.05) is 13.8 Å². The molecule has 4 unspecified atom stereocenters. The maximum Gasteiger partial charge on any atom is 0.344 e. The van der Waals surface area contributed by atoms with Crippen LogP contribution in [0.3, 0.4) is 0 Å². The minimum atomic E-state index is -0.607. The molecule has 0 aromatic rings. The SMILES string of the molecule is C=C(C)C(=O)OCC(=O)OC12CC3CC(C1)C(=O)C(C3)C2(C)C. The number of ether oxygens (including phenoxy) is 2. The van der Waals surface area contributed by atoms with Crippen LogP contribution in [-0.2, 0) is 23.9 Å². The Kier molecular flexibility index (Phi) is 3.65. The lowest BCUT2D eigenvalue weighted by Gasteiger charge is -2.63. The van der Waals surface area contributed by atoms with Gasteiger partial charge >= 0.3 is 11.9 Å². The van der Waals surface area contributed by atoms with Crippen LogP contribution in [0, 0.1) is 23.2 Å². The molecule has 126 valence electrons. The first kappa shape index (κ1) is 16.2. The van der Waals surface area contributed by atoms with E-state index in [1.54, 1.807) is 0 Å². The van der Waals surface area contributed by atoms with Gasteiger partial charge in [0.05, 0.1) is 0 Å². The number of Topliss-reactive ketones (excluding diaryl/α,β-unsaturated/α-hetero) is 1. The van der Waals surface area contributed by atoms with Gasteiger partial charge in [0.2, 0.25) is 0 Å². The number of carbonyl (C=O) groups is 3. The van der Waals surface area contributed by atoms with Crippen molar-refractivity contribution in [2.45, 2.75) is 52.1 Å². The van der Waals surface area contributed by atoms with Crippen LogP contribution in [0.25, 0.3) is 0 Å². The van der Waals surface area contributed by atoms with Gasteiger partial charge in [-0.3, -0.25) is 4.79 Å². The van der Waals surface area contributed by atoms with Gasteiger partial charge in [0, 0.05) is 22.8 Å². The largest absolute Gasteiger partial charge is 0.456 e. The third-order valence-electron chi connectivity index (χ3n) is 6.15. The molecule has 0 heterocycles. The van der Waals surface area contributed by atoms with Gasteiger partial charge in [0.15, 0.2) is 6.61 Å². The predicted octanol–water partition coefficient (Wildman–Crippen LogP) is 2.43. The van der Waals surface area contributed by atoms with Gasteiger partial charge in [-0.2, -0.15) is 0 Å². The summed E-state index contributed by atoms with van der Waals surface area (Å²) >= 11 is 0. The molecule has 0 aromatic heterocycles. The first-order chi connectivity index (χ1) is 10.7. The van der Waals surface area contributed by atoms with Crippen LogP contribution in [-0.4, -0.2) is 29.9 Å². The monoisotopic (exact) mass is 320 g/mol. The highest BCUT2D eigenvalue weighted by molar-refractivity contribution is 5.89. The van der Waals surface area contributed by atoms with E-state index >= 15 is 0 Å². The van der Waals surface area contributed by atoms with Crippen molar-refractivity contribution in [1.82, 2.24) is 0 Å². The Hall–Kier alpha value is -1.65. The third-order valence-corrected chi connectivity index (χ3v) is 6.15. The van der Waals surface area contributed by atoms with E-state index in [2.05, 4.69) is 6.58 Å². The molecule has 4 bridgehead atoms. The summed E-state index contributed by atoms with van der Waals surface area (Å²) in [5.74, 6) is -0.351. The Labute approximate surface area is 136 Å². The molecular weight excluding hydrogens is 296 g/mol. The van der Waals surface area contributed by atoms with Crippen molar-refractivity contribution in [3.05, 3.63) is 12.2 Å². The van der Waals surface area contributed by atoms with E-state index in [-0.39, 0.29) is 22.8 Å². The number of carbonyl (C=O) groups excluding carboxylic acids is 3. The van der Waals surface area contributed by atoms with Crippen molar-refractivity contribution in [1.29, 1.82) is 0 Å². The van der Waals surface area contributed by atoms with Crippen LogP contribution in [0.1, 0.15) is 46.5 Å². The first-order valence-electron chi connectivity index (χ1n) is 8.24. The topological polar surface area (TPSA) is 69.7 Å². The van der Waals surface area contributed by atoms with E-state index in [9.17, 15) is 14.4 Å². The van der Waals surface area contributed by atoms with Gasteiger partial charge < -0.3 is 9.47 Å². The van der Waals surface area contributed by atoms with Crippen LogP contribution < -0.4 is 0 Å². The second-order valence-electron chi connectivity index (χ2n) is 7.94. The Morgan fingerprint density at radius 3 is 2.61 bits per heavy atom. The highest BCUT2D eigenvalue weighted by Gasteiger charge is 2.66. The van der Waals surface area contributed by atoms with Crippen molar-refractivity contribution in [2.24, 2.45) is 23.2 Å². The molecule has 4 fully saturated rings. The van der Waals surface area contributed by atoms with E-state index in [4.69, 9.17) is 9.47 Å². The standard InChI is InChI=1S/C18H24O5/c1-10(2)16(21)22-9-14(19)23-18-7-11-5-12(8-18)15(20)13(6-11)17(18,3)4/h11-13H,1,5-9H2,2-4H3. The zero-order valence-electron chi connectivity index (χ0n) is 14.0. The quantitative estimate of drug-likeness (QED) is 0.588. The molecule has 4 saturated carbocycles. The Morgan fingerprint density at radius 2 is 1.96 bits per heavy atom. The molecule has 5 nitrogen and oxygen atoms in total. The highest BCUT2D eigenvalue weighted by atomic mass is 16.6. The fourth-order valence-corrected chi connectivity index (χ4v) is 4.85. The number of hydrogen-bond acceptors (Lipinski definition) is 5. The lowest BCUT2D eigenvalue weighted by Crippen LogP contribution is -2.67. The van der Waals surface area contributed by atoms with Gasteiger partial charge in [-0.1, -0.05) is 20.4 Å². The van der Waals surface area contributed by atoms with Crippen LogP contribution >= 0.6 is 0 Å². The number of ketones is 1. The molecule has 4 rings (SSSR count). The smallest absolute Gasteiger partial charge is 0.344 e. The summed E-state index contributed by atoms with van der Waals surface area (Å²) in [7, 11) is 0. The molecule has 23 heavy (non-hydrogen) atoms. The van der Waals surface area contributed by atoms with E-state index in [1.165, 1.54) is 6.92 Å². The molecular formula is C18H24O5. The van der Waals surface area contributed by atoms with Gasteiger partial charge in [-0.05, 0) is 38.5 Å². The molecule has 5 heteroatoms. The van der Waals surface area contributed by atoms with E-state index in [0.717, 1.165) is 19.3 Å². The molecule has 0 N–H and O–H groups in total. The summed E-state index contributed by atoms with van der Waals surface area (Å²) in [4.78, 5) is 36.1. The normalized spacial score (nSPS) is 36.7. The Bertz CT molecular complexity index is 590. The second-order valence-corrected chi connectivity index (χ2v) is 7.94. The molecule has 0 aromatic carbocycles. The Morgan fingerprint density at radius 1 is 1.26 bits per heavy atom. The van der Waals surface area contributed by atoms with Gasteiger partial charge in [-0.15, -0.1) is 0 Å². The summed E-state index contributed by atoms with van der Waals surface area (Å²) in [5.41, 5.74) is -0.728. The lowest BCUT2D eigenvalue weighted by molar-refractivity contribution is -0.231. The number of hydrogen-bond donors (Lipinski definition) is 0. The van der Waals surface area contributed by atoms with Crippen LogP contribution in [0.2, 0.25) is 0 Å². The molecule has 0 amide bonds. The second kappa shape index (κ2) is 5.18. The first-order valence-corrected chi connectivity index (χ1v) is 8.24. The van der Waals surface area contributed by atoms with Crippen LogP contribution in [0.4, 0.5) is 0 Å². The van der Waals surface area contributed by atoms with Crippen molar-refractivity contribution in [3.8, 4) is 0 Å². The van der Waals surface area contributed by atoms with Crippen molar-refractivity contribution >= 4 is 17.7 Å². The molecule has 0 saturated heterocycles. The molecule has 4 aliphatic carbocycles. The lowest BCUT2D eigenvalue weighted by atomic mass is 9.44. The molecule has 0 aliphatic heterocycles. The minimum absolute atomic E-state index is 0.0197. The molecule has 4 atom stereocenters. The van der Waals surface area contributed by atoms with Gasteiger partial charge in [0.1, 0.15) is 11.4 Å². The van der Waals surface area contributed by atoms with Crippen LogP contribution in [0.15, 0.2) is 12.2 Å². The third kappa shape index (κ3) is 2.41.